The number of carboxylic acids is 1. The Hall–Kier alpha value is -1.30. The van der Waals surface area contributed by atoms with Crippen LogP contribution >= 0.6 is 0 Å². The summed E-state index contributed by atoms with van der Waals surface area (Å²) >= 11 is 0. The molecule has 82 valence electrons. The highest BCUT2D eigenvalue weighted by Gasteiger charge is 2.15. The molecule has 0 rings (SSSR count). The Morgan fingerprint density at radius 2 is 1.86 bits per heavy atom. The number of amides is 2. The number of rotatable bonds is 5. The molecule has 0 saturated heterocycles. The number of carboxylic acid groups (broad SMARTS) is 1. The second-order valence-corrected chi connectivity index (χ2v) is 2.71. The van der Waals surface area contributed by atoms with Crippen molar-refractivity contribution in [2.75, 3.05) is 19.6 Å². The molecule has 0 radical (unpaired) electrons. The number of aliphatic carboxylic acids is 1. The van der Waals surface area contributed by atoms with E-state index >= 15 is 0 Å². The van der Waals surface area contributed by atoms with E-state index in [1.54, 1.807) is 0 Å². The summed E-state index contributed by atoms with van der Waals surface area (Å²) in [6.07, 6.45) is -1.55. The first kappa shape index (κ1) is 12.7. The van der Waals surface area contributed by atoms with Crippen molar-refractivity contribution < 1.29 is 19.8 Å². The van der Waals surface area contributed by atoms with Gasteiger partial charge in [0.1, 0.15) is 0 Å². The minimum absolute atomic E-state index is 0.273. The van der Waals surface area contributed by atoms with Crippen molar-refractivity contribution in [3.63, 3.8) is 0 Å². The van der Waals surface area contributed by atoms with Crippen molar-refractivity contribution >= 4 is 12.0 Å². The van der Waals surface area contributed by atoms with Gasteiger partial charge in [-0.15, -0.1) is 0 Å². The number of hydrogen-bond donors (Lipinski definition) is 3. The summed E-state index contributed by atoms with van der Waals surface area (Å²) in [6, 6.07) is -0.365. The number of aliphatic hydroxyl groups is 1. The lowest BCUT2D eigenvalue weighted by Gasteiger charge is -2.19. The van der Waals surface area contributed by atoms with Gasteiger partial charge in [-0.2, -0.15) is 0 Å². The third-order valence-corrected chi connectivity index (χ3v) is 1.78. The van der Waals surface area contributed by atoms with E-state index in [4.69, 9.17) is 10.2 Å². The average Bonchev–Trinajstić information content (AvgIpc) is 2.15. The lowest BCUT2D eigenvalue weighted by Crippen LogP contribution is -2.44. The maximum Gasteiger partial charge on any atom is 0.334 e. The molecular formula is C8H16N2O4. The summed E-state index contributed by atoms with van der Waals surface area (Å²) in [6.45, 7) is 4.45. The highest BCUT2D eigenvalue weighted by molar-refractivity contribution is 5.76. The lowest BCUT2D eigenvalue weighted by molar-refractivity contribution is -0.146. The number of aliphatic hydroxyl groups excluding tert-OH is 1. The molecule has 0 bridgehead atoms. The number of carbonyl (C=O) groups is 2. The summed E-state index contributed by atoms with van der Waals surface area (Å²) in [7, 11) is 0. The van der Waals surface area contributed by atoms with Crippen LogP contribution in [0.25, 0.3) is 0 Å². The summed E-state index contributed by atoms with van der Waals surface area (Å²) in [5.74, 6) is -1.34. The van der Waals surface area contributed by atoms with Gasteiger partial charge in [0.25, 0.3) is 0 Å². The first-order valence-electron chi connectivity index (χ1n) is 4.46. The fourth-order valence-corrected chi connectivity index (χ4v) is 0.894. The van der Waals surface area contributed by atoms with Crippen LogP contribution in [-0.2, 0) is 4.79 Å². The van der Waals surface area contributed by atoms with Crippen molar-refractivity contribution in [1.29, 1.82) is 0 Å². The molecule has 0 spiro atoms. The van der Waals surface area contributed by atoms with Crippen molar-refractivity contribution in [2.24, 2.45) is 0 Å². The second-order valence-electron chi connectivity index (χ2n) is 2.71. The van der Waals surface area contributed by atoms with Crippen LogP contribution in [0.5, 0.6) is 0 Å². The van der Waals surface area contributed by atoms with Crippen molar-refractivity contribution in [1.82, 2.24) is 10.2 Å². The Morgan fingerprint density at radius 3 is 2.21 bits per heavy atom. The zero-order chi connectivity index (χ0) is 11.1. The van der Waals surface area contributed by atoms with E-state index in [9.17, 15) is 9.59 Å². The van der Waals surface area contributed by atoms with Crippen LogP contribution < -0.4 is 5.32 Å². The molecule has 0 heterocycles. The monoisotopic (exact) mass is 204 g/mol. The number of urea groups is 1. The van der Waals surface area contributed by atoms with Crippen LogP contribution in [0.1, 0.15) is 13.8 Å². The van der Waals surface area contributed by atoms with Gasteiger partial charge in [0.2, 0.25) is 0 Å². The van der Waals surface area contributed by atoms with Gasteiger partial charge in [0, 0.05) is 13.1 Å². The zero-order valence-corrected chi connectivity index (χ0v) is 8.36. The predicted octanol–water partition coefficient (Wildman–Crippen LogP) is -0.517. The van der Waals surface area contributed by atoms with Gasteiger partial charge in [-0.3, -0.25) is 0 Å². The Balaban J connectivity index is 3.89. The standard InChI is InChI=1S/C8H16N2O4/c1-3-10(4-2)8(14)9-5-6(11)7(12)13/h6,11H,3-5H2,1-2H3,(H,9,14)(H,12,13). The van der Waals surface area contributed by atoms with Gasteiger partial charge in [-0.25, -0.2) is 9.59 Å². The Morgan fingerprint density at radius 1 is 1.36 bits per heavy atom. The lowest BCUT2D eigenvalue weighted by atomic mass is 10.3. The molecule has 14 heavy (non-hydrogen) atoms. The molecular weight excluding hydrogens is 188 g/mol. The van der Waals surface area contributed by atoms with Crippen LogP contribution in [0.4, 0.5) is 4.79 Å². The largest absolute Gasteiger partial charge is 0.479 e. The summed E-state index contributed by atoms with van der Waals surface area (Å²) in [4.78, 5) is 22.9. The van der Waals surface area contributed by atoms with E-state index in [1.165, 1.54) is 4.90 Å². The molecule has 0 aliphatic rings. The second kappa shape index (κ2) is 6.20. The van der Waals surface area contributed by atoms with E-state index in [-0.39, 0.29) is 12.6 Å². The number of carbonyl (C=O) groups excluding carboxylic acids is 1. The summed E-state index contributed by atoms with van der Waals surface area (Å²) < 4.78 is 0. The number of nitrogens with zero attached hydrogens (tertiary/aromatic N) is 1. The van der Waals surface area contributed by atoms with Gasteiger partial charge in [-0.05, 0) is 13.8 Å². The minimum atomic E-state index is -1.55. The molecule has 0 aromatic heterocycles. The summed E-state index contributed by atoms with van der Waals surface area (Å²) in [5.41, 5.74) is 0. The van der Waals surface area contributed by atoms with Crippen LogP contribution in [0, 0.1) is 0 Å². The third-order valence-electron chi connectivity index (χ3n) is 1.78. The topological polar surface area (TPSA) is 89.9 Å². The van der Waals surface area contributed by atoms with Crippen LogP contribution in [0.3, 0.4) is 0 Å². The van der Waals surface area contributed by atoms with Gasteiger partial charge in [0.15, 0.2) is 6.10 Å². The fourth-order valence-electron chi connectivity index (χ4n) is 0.894. The first-order chi connectivity index (χ1) is 6.52. The number of hydrogen-bond acceptors (Lipinski definition) is 3. The summed E-state index contributed by atoms with van der Waals surface area (Å²) in [5, 5.41) is 19.5. The average molecular weight is 204 g/mol. The van der Waals surface area contributed by atoms with Gasteiger partial charge in [-0.1, -0.05) is 0 Å². The van der Waals surface area contributed by atoms with Crippen molar-refractivity contribution in [2.45, 2.75) is 20.0 Å². The Labute approximate surface area is 82.5 Å². The zero-order valence-electron chi connectivity index (χ0n) is 8.36. The third kappa shape index (κ3) is 4.08. The van der Waals surface area contributed by atoms with E-state index in [1.807, 2.05) is 13.8 Å². The van der Waals surface area contributed by atoms with Crippen LogP contribution in [-0.4, -0.2) is 52.9 Å². The highest BCUT2D eigenvalue weighted by Crippen LogP contribution is 1.88. The van der Waals surface area contributed by atoms with E-state index < -0.39 is 12.1 Å². The fraction of sp³-hybridized carbons (Fsp3) is 0.750. The van der Waals surface area contributed by atoms with Crippen molar-refractivity contribution in [3.8, 4) is 0 Å². The molecule has 3 N–H and O–H groups in total. The SMILES string of the molecule is CCN(CC)C(=O)NCC(O)C(=O)O. The molecule has 2 amide bonds. The Bertz CT molecular complexity index is 204. The van der Waals surface area contributed by atoms with E-state index in [2.05, 4.69) is 5.32 Å². The molecule has 0 aromatic carbocycles. The predicted molar refractivity (Wildman–Crippen MR) is 50.0 cm³/mol. The van der Waals surface area contributed by atoms with E-state index in [0.717, 1.165) is 0 Å². The maximum absolute atomic E-state index is 11.2. The molecule has 1 atom stereocenters. The molecule has 0 saturated carbocycles. The molecule has 6 nitrogen and oxygen atoms in total. The van der Waals surface area contributed by atoms with E-state index in [0.29, 0.717) is 13.1 Å². The molecule has 0 fully saturated rings. The Kier molecular flexibility index (Phi) is 5.62. The molecule has 0 aliphatic carbocycles. The van der Waals surface area contributed by atoms with Gasteiger partial charge >= 0.3 is 12.0 Å². The molecule has 0 aromatic rings. The smallest absolute Gasteiger partial charge is 0.334 e. The first-order valence-corrected chi connectivity index (χ1v) is 4.46. The molecule has 0 aliphatic heterocycles. The van der Waals surface area contributed by atoms with Crippen LogP contribution in [0.2, 0.25) is 0 Å². The maximum atomic E-state index is 11.2. The molecule has 1 unspecified atom stereocenters. The molecule has 6 heteroatoms. The van der Waals surface area contributed by atoms with Crippen molar-refractivity contribution in [3.05, 3.63) is 0 Å². The quantitative estimate of drug-likeness (QED) is 0.562. The number of nitrogens with one attached hydrogen (secondary N) is 1. The van der Waals surface area contributed by atoms with Gasteiger partial charge < -0.3 is 20.4 Å². The highest BCUT2D eigenvalue weighted by atomic mass is 16.4. The normalized spacial score (nSPS) is 11.9. The minimum Gasteiger partial charge on any atom is -0.479 e. The van der Waals surface area contributed by atoms with Crippen LogP contribution in [0.15, 0.2) is 0 Å². The van der Waals surface area contributed by atoms with Gasteiger partial charge in [0.05, 0.1) is 6.54 Å².